The lowest BCUT2D eigenvalue weighted by molar-refractivity contribution is 0.0627. The number of hydrogen-bond donors (Lipinski definition) is 0. The smallest absolute Gasteiger partial charge is 0.320 e. The van der Waals surface area contributed by atoms with Gasteiger partial charge in [-0.15, -0.1) is 0 Å². The number of rotatable bonds is 2. The summed E-state index contributed by atoms with van der Waals surface area (Å²) in [4.78, 5) is 39.5. The van der Waals surface area contributed by atoms with Gasteiger partial charge < -0.3 is 14.7 Å². The van der Waals surface area contributed by atoms with Gasteiger partial charge in [0.25, 0.3) is 5.91 Å². The van der Waals surface area contributed by atoms with Crippen molar-refractivity contribution in [2.45, 2.75) is 19.3 Å². The van der Waals surface area contributed by atoms with Crippen molar-refractivity contribution in [1.82, 2.24) is 24.7 Å². The molecular formula is C21H23Cl2N5O2. The van der Waals surface area contributed by atoms with E-state index in [0.717, 1.165) is 31.5 Å². The first-order chi connectivity index (χ1) is 14.5. The number of carbonyl (C=O) groups is 2. The minimum atomic E-state index is -0.163. The summed E-state index contributed by atoms with van der Waals surface area (Å²) in [5.41, 5.74) is 1.69. The zero-order chi connectivity index (χ0) is 21.1. The van der Waals surface area contributed by atoms with E-state index in [1.54, 1.807) is 29.2 Å². The highest BCUT2D eigenvalue weighted by molar-refractivity contribution is 6.42. The minimum absolute atomic E-state index is 0.0886. The van der Waals surface area contributed by atoms with Crippen molar-refractivity contribution in [2.24, 2.45) is 0 Å². The summed E-state index contributed by atoms with van der Waals surface area (Å²) in [7, 11) is 0. The maximum absolute atomic E-state index is 13.0. The summed E-state index contributed by atoms with van der Waals surface area (Å²) in [6.45, 7) is 3.71. The van der Waals surface area contributed by atoms with Gasteiger partial charge in [0, 0.05) is 44.8 Å². The summed E-state index contributed by atoms with van der Waals surface area (Å²) in [6.07, 6.45) is 4.70. The van der Waals surface area contributed by atoms with Crippen LogP contribution in [0.3, 0.4) is 0 Å². The van der Waals surface area contributed by atoms with Gasteiger partial charge in [-0.25, -0.2) is 14.8 Å². The molecule has 2 aliphatic rings. The second-order valence-electron chi connectivity index (χ2n) is 7.53. The monoisotopic (exact) mass is 447 g/mol. The van der Waals surface area contributed by atoms with Crippen LogP contribution in [0, 0.1) is 0 Å². The van der Waals surface area contributed by atoms with E-state index >= 15 is 0 Å². The van der Waals surface area contributed by atoms with Gasteiger partial charge in [-0.3, -0.25) is 4.79 Å². The van der Waals surface area contributed by atoms with Gasteiger partial charge in [-0.2, -0.15) is 0 Å². The fourth-order valence-corrected chi connectivity index (χ4v) is 4.13. The number of urea groups is 1. The zero-order valence-electron chi connectivity index (χ0n) is 16.6. The lowest BCUT2D eigenvalue weighted by Gasteiger charge is -2.38. The number of likely N-dealkylation sites (tertiary alicyclic amines) is 1. The highest BCUT2D eigenvalue weighted by atomic mass is 35.5. The molecule has 0 N–H and O–H groups in total. The van der Waals surface area contributed by atoms with Crippen molar-refractivity contribution in [3.05, 3.63) is 46.3 Å². The molecule has 0 atom stereocenters. The lowest BCUT2D eigenvalue weighted by atomic mass is 10.1. The van der Waals surface area contributed by atoms with Gasteiger partial charge >= 0.3 is 6.03 Å². The van der Waals surface area contributed by atoms with Gasteiger partial charge in [0.05, 0.1) is 15.7 Å². The van der Waals surface area contributed by atoms with Crippen LogP contribution in [0.4, 0.5) is 4.79 Å². The summed E-state index contributed by atoms with van der Waals surface area (Å²) in [5, 5.41) is 0.887. The molecule has 158 valence electrons. The fourth-order valence-electron chi connectivity index (χ4n) is 3.84. The van der Waals surface area contributed by atoms with E-state index in [1.807, 2.05) is 9.80 Å². The van der Waals surface area contributed by atoms with Crippen LogP contribution < -0.4 is 0 Å². The lowest BCUT2D eigenvalue weighted by Crippen LogP contribution is -2.54. The first kappa shape index (κ1) is 20.9. The molecule has 0 aliphatic carbocycles. The number of benzene rings is 1. The van der Waals surface area contributed by atoms with Gasteiger partial charge in [-0.1, -0.05) is 29.3 Å². The van der Waals surface area contributed by atoms with Crippen LogP contribution in [0.2, 0.25) is 10.0 Å². The third-order valence-corrected chi connectivity index (χ3v) is 6.30. The number of carbonyl (C=O) groups excluding carboxylic acids is 2. The van der Waals surface area contributed by atoms with E-state index in [1.165, 1.54) is 12.7 Å². The predicted octanol–water partition coefficient (Wildman–Crippen LogP) is 3.81. The van der Waals surface area contributed by atoms with Crippen molar-refractivity contribution in [2.75, 3.05) is 39.3 Å². The van der Waals surface area contributed by atoms with Crippen LogP contribution in [-0.2, 0) is 0 Å². The average molecular weight is 448 g/mol. The second kappa shape index (κ2) is 9.18. The highest BCUT2D eigenvalue weighted by Crippen LogP contribution is 2.27. The molecule has 4 rings (SSSR count). The number of halogens is 2. The molecule has 2 aromatic rings. The topological polar surface area (TPSA) is 69.6 Å². The van der Waals surface area contributed by atoms with Crippen LogP contribution in [0.25, 0.3) is 11.3 Å². The predicted molar refractivity (Wildman–Crippen MR) is 116 cm³/mol. The first-order valence-corrected chi connectivity index (χ1v) is 10.9. The third kappa shape index (κ3) is 4.52. The molecule has 0 saturated carbocycles. The summed E-state index contributed by atoms with van der Waals surface area (Å²) < 4.78 is 0. The number of piperazine rings is 1. The SMILES string of the molecule is O=C(c1cc(-c2ccc(Cl)c(Cl)c2)ncn1)N1CCN(C(=O)N2CCCCC2)CC1. The zero-order valence-corrected chi connectivity index (χ0v) is 18.1. The molecule has 3 heterocycles. The highest BCUT2D eigenvalue weighted by Gasteiger charge is 2.28. The van der Waals surface area contributed by atoms with Crippen LogP contribution >= 0.6 is 23.2 Å². The molecule has 0 bridgehead atoms. The molecule has 3 amide bonds. The van der Waals surface area contributed by atoms with E-state index in [-0.39, 0.29) is 11.9 Å². The standard InChI is InChI=1S/C21H23Cl2N5O2/c22-16-5-4-15(12-17(16)23)18-13-19(25-14-24-18)20(29)26-8-10-28(11-9-26)21(30)27-6-2-1-3-7-27/h4-5,12-14H,1-3,6-11H2. The molecular weight excluding hydrogens is 425 g/mol. The molecule has 30 heavy (non-hydrogen) atoms. The Morgan fingerprint density at radius 2 is 1.43 bits per heavy atom. The van der Waals surface area contributed by atoms with Crippen LogP contribution in [0.1, 0.15) is 29.8 Å². The van der Waals surface area contributed by atoms with Crippen molar-refractivity contribution < 1.29 is 9.59 Å². The molecule has 1 aromatic carbocycles. The maximum Gasteiger partial charge on any atom is 0.320 e. The van der Waals surface area contributed by atoms with Gasteiger partial charge in [-0.05, 0) is 37.5 Å². The van der Waals surface area contributed by atoms with E-state index in [2.05, 4.69) is 9.97 Å². The Labute approximate surface area is 185 Å². The van der Waals surface area contributed by atoms with Crippen molar-refractivity contribution in [1.29, 1.82) is 0 Å². The molecule has 0 radical (unpaired) electrons. The summed E-state index contributed by atoms with van der Waals surface area (Å²) >= 11 is 12.1. The quantitative estimate of drug-likeness (QED) is 0.701. The molecule has 9 heteroatoms. The van der Waals surface area contributed by atoms with Crippen LogP contribution in [0.5, 0.6) is 0 Å². The Morgan fingerprint density at radius 3 is 2.13 bits per heavy atom. The normalized spacial score (nSPS) is 17.2. The van der Waals surface area contributed by atoms with Crippen LogP contribution in [0.15, 0.2) is 30.6 Å². The number of aromatic nitrogens is 2. The fraction of sp³-hybridized carbons (Fsp3) is 0.429. The van der Waals surface area contributed by atoms with E-state index in [0.29, 0.717) is 47.6 Å². The Hall–Kier alpha value is -2.38. The largest absolute Gasteiger partial charge is 0.334 e. The summed E-state index contributed by atoms with van der Waals surface area (Å²) in [5.74, 6) is -0.163. The number of piperidine rings is 1. The molecule has 1 aromatic heterocycles. The molecule has 0 unspecified atom stereocenters. The Morgan fingerprint density at radius 1 is 0.767 bits per heavy atom. The summed E-state index contributed by atoms with van der Waals surface area (Å²) in [6, 6.07) is 6.96. The number of nitrogens with zero attached hydrogens (tertiary/aromatic N) is 5. The average Bonchev–Trinajstić information content (AvgIpc) is 2.80. The van der Waals surface area contributed by atoms with E-state index < -0.39 is 0 Å². The van der Waals surface area contributed by atoms with Gasteiger partial charge in [0.15, 0.2) is 0 Å². The maximum atomic E-state index is 13.0. The van der Waals surface area contributed by atoms with Crippen LogP contribution in [-0.4, -0.2) is 75.9 Å². The second-order valence-corrected chi connectivity index (χ2v) is 8.34. The van der Waals surface area contributed by atoms with Crippen molar-refractivity contribution >= 4 is 35.1 Å². The van der Waals surface area contributed by atoms with E-state index in [4.69, 9.17) is 23.2 Å². The van der Waals surface area contributed by atoms with Crippen molar-refractivity contribution in [3.63, 3.8) is 0 Å². The Balaban J connectivity index is 1.40. The molecule has 2 fully saturated rings. The molecule has 0 spiro atoms. The molecule has 2 saturated heterocycles. The van der Waals surface area contributed by atoms with Gasteiger partial charge in [0.1, 0.15) is 12.0 Å². The number of amides is 3. The van der Waals surface area contributed by atoms with Gasteiger partial charge in [0.2, 0.25) is 0 Å². The molecule has 7 nitrogen and oxygen atoms in total. The Bertz CT molecular complexity index is 941. The minimum Gasteiger partial charge on any atom is -0.334 e. The molecule has 2 aliphatic heterocycles. The van der Waals surface area contributed by atoms with Crippen molar-refractivity contribution in [3.8, 4) is 11.3 Å². The third-order valence-electron chi connectivity index (χ3n) is 5.57. The first-order valence-electron chi connectivity index (χ1n) is 10.1. The number of hydrogen-bond acceptors (Lipinski definition) is 4. The van der Waals surface area contributed by atoms with E-state index in [9.17, 15) is 9.59 Å². The Kier molecular flexibility index (Phi) is 6.39.